The molecule has 0 aliphatic heterocycles. The van der Waals surface area contributed by atoms with E-state index in [0.717, 1.165) is 0 Å². The molecule has 0 aliphatic carbocycles. The molecule has 1 aromatic heterocycles. The van der Waals surface area contributed by atoms with Gasteiger partial charge in [-0.25, -0.2) is 0 Å². The van der Waals surface area contributed by atoms with Gasteiger partial charge in [0.15, 0.2) is 12.4 Å². The Bertz CT molecular complexity index is 597. The van der Waals surface area contributed by atoms with Gasteiger partial charge in [-0.05, 0) is 22.9 Å². The number of aliphatic hydroxyl groups excluding tert-OH is 1. The van der Waals surface area contributed by atoms with E-state index < -0.39 is 4.92 Å². The second kappa shape index (κ2) is 5.40. The van der Waals surface area contributed by atoms with Crippen LogP contribution in [0.15, 0.2) is 18.2 Å². The summed E-state index contributed by atoms with van der Waals surface area (Å²) in [5, 5.41) is 31.1. The molecule has 0 saturated heterocycles. The van der Waals surface area contributed by atoms with Gasteiger partial charge in [0, 0.05) is 6.07 Å². The summed E-state index contributed by atoms with van der Waals surface area (Å²) < 4.78 is 5.31. The highest BCUT2D eigenvalue weighted by Gasteiger charge is 2.16. The van der Waals surface area contributed by atoms with Crippen LogP contribution in [0.1, 0.15) is 11.4 Å². The summed E-state index contributed by atoms with van der Waals surface area (Å²) in [7, 11) is 1.60. The van der Waals surface area contributed by atoms with Gasteiger partial charge in [-0.3, -0.25) is 10.1 Å². The fourth-order valence-corrected chi connectivity index (χ4v) is 1.45. The van der Waals surface area contributed by atoms with Crippen molar-refractivity contribution in [2.75, 3.05) is 0 Å². The van der Waals surface area contributed by atoms with Gasteiger partial charge in [-0.2, -0.15) is 4.80 Å². The molecule has 9 heteroatoms. The van der Waals surface area contributed by atoms with Gasteiger partial charge in [0.05, 0.1) is 18.6 Å². The lowest BCUT2D eigenvalue weighted by molar-refractivity contribution is -0.386. The van der Waals surface area contributed by atoms with Crippen molar-refractivity contribution in [3.05, 3.63) is 39.7 Å². The number of rotatable bonds is 5. The summed E-state index contributed by atoms with van der Waals surface area (Å²) in [4.78, 5) is 11.6. The maximum Gasteiger partial charge on any atom is 0.310 e. The number of aliphatic hydroxyl groups is 1. The quantitative estimate of drug-likeness (QED) is 0.605. The van der Waals surface area contributed by atoms with Crippen molar-refractivity contribution in [3.8, 4) is 5.75 Å². The molecule has 0 fully saturated rings. The summed E-state index contributed by atoms with van der Waals surface area (Å²) in [6.07, 6.45) is 0. The van der Waals surface area contributed by atoms with Crippen molar-refractivity contribution < 1.29 is 14.8 Å². The van der Waals surface area contributed by atoms with E-state index >= 15 is 0 Å². The van der Waals surface area contributed by atoms with Gasteiger partial charge in [0.25, 0.3) is 0 Å². The number of aryl methyl sites for hydroxylation is 1. The number of nitro benzene ring substituents is 1. The number of nitro groups is 1. The number of tetrazole rings is 1. The largest absolute Gasteiger partial charge is 0.478 e. The number of aromatic nitrogens is 4. The third kappa shape index (κ3) is 3.01. The zero-order valence-corrected chi connectivity index (χ0v) is 10.1. The minimum atomic E-state index is -0.555. The van der Waals surface area contributed by atoms with E-state index in [1.165, 1.54) is 23.0 Å². The van der Waals surface area contributed by atoms with Crippen LogP contribution < -0.4 is 4.74 Å². The van der Waals surface area contributed by atoms with Gasteiger partial charge in [-0.15, -0.1) is 10.2 Å². The highest BCUT2D eigenvalue weighted by Crippen LogP contribution is 2.28. The zero-order valence-electron chi connectivity index (χ0n) is 10.1. The average Bonchev–Trinajstić information content (AvgIpc) is 2.81. The van der Waals surface area contributed by atoms with E-state index in [9.17, 15) is 10.1 Å². The van der Waals surface area contributed by atoms with Crippen molar-refractivity contribution in [1.82, 2.24) is 20.2 Å². The van der Waals surface area contributed by atoms with Crippen LogP contribution in [0, 0.1) is 10.1 Å². The molecule has 9 nitrogen and oxygen atoms in total. The van der Waals surface area contributed by atoms with Gasteiger partial charge in [0.1, 0.15) is 0 Å². The minimum absolute atomic E-state index is 0.0381. The molecule has 2 rings (SSSR count). The number of hydrogen-bond donors (Lipinski definition) is 1. The predicted octanol–water partition coefficient (Wildman–Crippen LogP) is 0.190. The molecule has 0 spiro atoms. The van der Waals surface area contributed by atoms with E-state index in [1.807, 2.05) is 0 Å². The third-order valence-electron chi connectivity index (χ3n) is 2.31. The Kier molecular flexibility index (Phi) is 3.66. The highest BCUT2D eigenvalue weighted by atomic mass is 16.6. The van der Waals surface area contributed by atoms with E-state index in [-0.39, 0.29) is 24.7 Å². The molecule has 1 aromatic carbocycles. The van der Waals surface area contributed by atoms with Gasteiger partial charge < -0.3 is 9.84 Å². The first-order valence-corrected chi connectivity index (χ1v) is 5.34. The molecule has 0 amide bonds. The van der Waals surface area contributed by atoms with Crippen LogP contribution in [0.5, 0.6) is 5.75 Å². The maximum absolute atomic E-state index is 10.9. The van der Waals surface area contributed by atoms with E-state index in [1.54, 1.807) is 7.05 Å². The molecule has 19 heavy (non-hydrogen) atoms. The van der Waals surface area contributed by atoms with E-state index in [2.05, 4.69) is 15.4 Å². The molecule has 0 aliphatic rings. The van der Waals surface area contributed by atoms with Crippen molar-refractivity contribution in [1.29, 1.82) is 0 Å². The number of nitrogens with zero attached hydrogens (tertiary/aromatic N) is 5. The minimum Gasteiger partial charge on any atom is -0.478 e. The maximum atomic E-state index is 10.9. The smallest absolute Gasteiger partial charge is 0.310 e. The molecule has 1 N–H and O–H groups in total. The summed E-state index contributed by atoms with van der Waals surface area (Å²) in [5.41, 5.74) is 0.341. The zero-order chi connectivity index (χ0) is 13.8. The molecule has 0 saturated carbocycles. The summed E-state index contributed by atoms with van der Waals surface area (Å²) in [6, 6.07) is 4.16. The molecule has 2 aromatic rings. The Morgan fingerprint density at radius 3 is 2.89 bits per heavy atom. The van der Waals surface area contributed by atoms with Gasteiger partial charge >= 0.3 is 5.69 Å². The highest BCUT2D eigenvalue weighted by molar-refractivity contribution is 5.48. The van der Waals surface area contributed by atoms with Crippen molar-refractivity contribution >= 4 is 5.69 Å². The first kappa shape index (κ1) is 12.9. The van der Waals surface area contributed by atoms with Crippen LogP contribution in [0.3, 0.4) is 0 Å². The second-order valence-corrected chi connectivity index (χ2v) is 3.70. The topological polar surface area (TPSA) is 116 Å². The number of hydrogen-bond acceptors (Lipinski definition) is 7. The summed E-state index contributed by atoms with van der Waals surface area (Å²) in [6.45, 7) is -0.263. The van der Waals surface area contributed by atoms with Gasteiger partial charge in [0.2, 0.25) is 5.82 Å². The lowest BCUT2D eigenvalue weighted by Gasteiger charge is -2.05. The van der Waals surface area contributed by atoms with Crippen molar-refractivity contribution in [2.24, 2.45) is 7.05 Å². The number of benzene rings is 1. The molecule has 0 atom stereocenters. The van der Waals surface area contributed by atoms with Crippen LogP contribution in [-0.2, 0) is 20.3 Å². The first-order valence-electron chi connectivity index (χ1n) is 5.34. The van der Waals surface area contributed by atoms with Crippen molar-refractivity contribution in [2.45, 2.75) is 13.2 Å². The Morgan fingerprint density at radius 1 is 1.53 bits per heavy atom. The number of ether oxygens (including phenoxy) is 1. The Morgan fingerprint density at radius 2 is 2.32 bits per heavy atom. The molecule has 1 heterocycles. The van der Waals surface area contributed by atoms with E-state index in [0.29, 0.717) is 11.4 Å². The van der Waals surface area contributed by atoms with Crippen LogP contribution >= 0.6 is 0 Å². The summed E-state index contributed by atoms with van der Waals surface area (Å²) in [5.74, 6) is 0.371. The van der Waals surface area contributed by atoms with Crippen LogP contribution in [-0.4, -0.2) is 30.2 Å². The first-order chi connectivity index (χ1) is 9.10. The Balaban J connectivity index is 2.19. The molecule has 100 valence electrons. The van der Waals surface area contributed by atoms with E-state index in [4.69, 9.17) is 9.84 Å². The SMILES string of the molecule is Cn1nnc(COc2cc(CO)ccc2[N+](=O)[O-])n1. The third-order valence-corrected chi connectivity index (χ3v) is 2.31. The lowest BCUT2D eigenvalue weighted by atomic mass is 10.2. The fourth-order valence-electron chi connectivity index (χ4n) is 1.45. The standard InChI is InChI=1S/C10H11N5O4/c1-14-12-10(11-13-14)6-19-9-4-7(5-16)2-3-8(9)15(17)18/h2-4,16H,5-6H2,1H3. The Labute approximate surface area is 107 Å². The summed E-state index contributed by atoms with van der Waals surface area (Å²) >= 11 is 0. The molecular formula is C10H11N5O4. The normalized spacial score (nSPS) is 10.4. The fraction of sp³-hybridized carbons (Fsp3) is 0.300. The average molecular weight is 265 g/mol. The second-order valence-electron chi connectivity index (χ2n) is 3.70. The van der Waals surface area contributed by atoms with Crippen LogP contribution in [0.4, 0.5) is 5.69 Å². The molecule has 0 bridgehead atoms. The Hall–Kier alpha value is -2.55. The van der Waals surface area contributed by atoms with Crippen LogP contribution in [0.2, 0.25) is 0 Å². The van der Waals surface area contributed by atoms with Gasteiger partial charge in [-0.1, -0.05) is 0 Å². The van der Waals surface area contributed by atoms with Crippen LogP contribution in [0.25, 0.3) is 0 Å². The molecular weight excluding hydrogens is 254 g/mol. The predicted molar refractivity (Wildman–Crippen MR) is 62.1 cm³/mol. The van der Waals surface area contributed by atoms with Crippen molar-refractivity contribution in [3.63, 3.8) is 0 Å². The molecule has 0 unspecified atom stereocenters. The lowest BCUT2D eigenvalue weighted by Crippen LogP contribution is -2.02. The molecule has 0 radical (unpaired) electrons. The monoisotopic (exact) mass is 265 g/mol.